The lowest BCUT2D eigenvalue weighted by Crippen LogP contribution is -2.40. The van der Waals surface area contributed by atoms with Crippen LogP contribution < -0.4 is 10.0 Å². The molecule has 0 spiro atoms. The van der Waals surface area contributed by atoms with Crippen LogP contribution in [0.15, 0.2) is 41.3 Å². The van der Waals surface area contributed by atoms with Crippen molar-refractivity contribution >= 4 is 39.1 Å². The van der Waals surface area contributed by atoms with E-state index < -0.39 is 15.9 Å². The smallest absolute Gasteiger partial charge is 0.264 e. The predicted octanol–water partition coefficient (Wildman–Crippen LogP) is 3.38. The van der Waals surface area contributed by atoms with Gasteiger partial charge < -0.3 is 10.2 Å². The van der Waals surface area contributed by atoms with Crippen molar-refractivity contribution in [3.8, 4) is 0 Å². The van der Waals surface area contributed by atoms with Crippen molar-refractivity contribution in [1.82, 2.24) is 14.9 Å². The SMILES string of the molecule is CN1Cc2c(Cl)cc(Cl)cc2C(c2cccc(S(=O)(=O)NC(=O)C3CCNCC3)c2)C1. The summed E-state index contributed by atoms with van der Waals surface area (Å²) in [4.78, 5) is 14.7. The Balaban J connectivity index is 1.64. The average molecular weight is 482 g/mol. The van der Waals surface area contributed by atoms with Crippen molar-refractivity contribution in [1.29, 1.82) is 0 Å². The van der Waals surface area contributed by atoms with Crippen LogP contribution in [0.3, 0.4) is 0 Å². The van der Waals surface area contributed by atoms with Crippen LogP contribution in [0, 0.1) is 5.92 Å². The van der Waals surface area contributed by atoms with Gasteiger partial charge in [-0.05, 0) is 73.9 Å². The maximum absolute atomic E-state index is 12.9. The number of hydrogen-bond donors (Lipinski definition) is 2. The summed E-state index contributed by atoms with van der Waals surface area (Å²) >= 11 is 12.7. The molecule has 0 aromatic heterocycles. The van der Waals surface area contributed by atoms with Crippen LogP contribution in [0.4, 0.5) is 0 Å². The molecule has 31 heavy (non-hydrogen) atoms. The summed E-state index contributed by atoms with van der Waals surface area (Å²) in [6, 6.07) is 10.4. The monoisotopic (exact) mass is 481 g/mol. The topological polar surface area (TPSA) is 78.5 Å². The molecule has 1 fully saturated rings. The number of hydrogen-bond acceptors (Lipinski definition) is 5. The van der Waals surface area contributed by atoms with Gasteiger partial charge in [0, 0.05) is 35.0 Å². The summed E-state index contributed by atoms with van der Waals surface area (Å²) in [6.45, 7) is 2.83. The van der Waals surface area contributed by atoms with Gasteiger partial charge in [0.15, 0.2) is 0 Å². The minimum Gasteiger partial charge on any atom is -0.317 e. The molecule has 2 aromatic carbocycles. The highest BCUT2D eigenvalue weighted by Crippen LogP contribution is 2.38. The van der Waals surface area contributed by atoms with E-state index in [1.807, 2.05) is 19.2 Å². The highest BCUT2D eigenvalue weighted by molar-refractivity contribution is 7.90. The number of sulfonamides is 1. The molecule has 6 nitrogen and oxygen atoms in total. The normalized spacial score (nSPS) is 20.3. The second-order valence-electron chi connectivity index (χ2n) is 8.27. The van der Waals surface area contributed by atoms with Gasteiger partial charge in [0.1, 0.15) is 0 Å². The van der Waals surface area contributed by atoms with Crippen LogP contribution >= 0.6 is 23.2 Å². The van der Waals surface area contributed by atoms with Gasteiger partial charge >= 0.3 is 0 Å². The Morgan fingerprint density at radius 1 is 1.16 bits per heavy atom. The Hall–Kier alpha value is -1.64. The molecular formula is C22H25Cl2N3O3S. The van der Waals surface area contributed by atoms with Crippen LogP contribution in [0.5, 0.6) is 0 Å². The number of likely N-dealkylation sites (N-methyl/N-ethyl adjacent to an activating group) is 1. The molecule has 1 saturated heterocycles. The molecule has 2 aliphatic rings. The van der Waals surface area contributed by atoms with Gasteiger partial charge in [-0.25, -0.2) is 13.1 Å². The average Bonchev–Trinajstić information content (AvgIpc) is 2.74. The highest BCUT2D eigenvalue weighted by atomic mass is 35.5. The molecule has 2 aromatic rings. The fourth-order valence-corrected chi connectivity index (χ4v) is 6.06. The third-order valence-electron chi connectivity index (χ3n) is 6.01. The van der Waals surface area contributed by atoms with E-state index in [0.717, 1.165) is 16.7 Å². The summed E-state index contributed by atoms with van der Waals surface area (Å²) in [6.07, 6.45) is 1.27. The number of carbonyl (C=O) groups is 1. The molecule has 1 unspecified atom stereocenters. The van der Waals surface area contributed by atoms with Gasteiger partial charge in [-0.15, -0.1) is 0 Å². The zero-order chi connectivity index (χ0) is 22.2. The third-order valence-corrected chi connectivity index (χ3v) is 7.91. The summed E-state index contributed by atoms with van der Waals surface area (Å²) in [7, 11) is -1.96. The van der Waals surface area contributed by atoms with E-state index in [-0.39, 0.29) is 16.7 Å². The predicted molar refractivity (Wildman–Crippen MR) is 122 cm³/mol. The number of nitrogens with one attached hydrogen (secondary N) is 2. The van der Waals surface area contributed by atoms with Crippen LogP contribution in [0.25, 0.3) is 0 Å². The second-order valence-corrected chi connectivity index (χ2v) is 10.8. The molecule has 2 aliphatic heterocycles. The maximum Gasteiger partial charge on any atom is 0.264 e. The zero-order valence-electron chi connectivity index (χ0n) is 17.2. The van der Waals surface area contributed by atoms with E-state index in [2.05, 4.69) is 14.9 Å². The van der Waals surface area contributed by atoms with Crippen molar-refractivity contribution in [2.24, 2.45) is 5.92 Å². The second kappa shape index (κ2) is 9.08. The largest absolute Gasteiger partial charge is 0.317 e. The molecule has 0 radical (unpaired) electrons. The van der Waals surface area contributed by atoms with Crippen molar-refractivity contribution in [2.75, 3.05) is 26.7 Å². The zero-order valence-corrected chi connectivity index (χ0v) is 19.5. The van der Waals surface area contributed by atoms with E-state index in [1.165, 1.54) is 6.07 Å². The molecule has 4 rings (SSSR count). The first-order chi connectivity index (χ1) is 14.7. The first-order valence-electron chi connectivity index (χ1n) is 10.3. The lowest BCUT2D eigenvalue weighted by molar-refractivity contribution is -0.123. The van der Waals surface area contributed by atoms with Gasteiger partial charge in [0.25, 0.3) is 10.0 Å². The number of piperidine rings is 1. The fourth-order valence-electron chi connectivity index (χ4n) is 4.39. The van der Waals surface area contributed by atoms with Gasteiger partial charge in [0.2, 0.25) is 5.91 Å². The van der Waals surface area contributed by atoms with E-state index in [4.69, 9.17) is 23.2 Å². The number of halogens is 2. The molecule has 2 N–H and O–H groups in total. The Kier molecular flexibility index (Phi) is 6.60. The number of nitrogens with zero attached hydrogens (tertiary/aromatic N) is 1. The van der Waals surface area contributed by atoms with E-state index in [9.17, 15) is 13.2 Å². The van der Waals surface area contributed by atoms with Crippen molar-refractivity contribution in [3.63, 3.8) is 0 Å². The Morgan fingerprint density at radius 3 is 2.65 bits per heavy atom. The number of fused-ring (bicyclic) bond motifs is 1. The Morgan fingerprint density at radius 2 is 1.90 bits per heavy atom. The molecule has 1 amide bonds. The molecule has 0 aliphatic carbocycles. The summed E-state index contributed by atoms with van der Waals surface area (Å²) in [5.74, 6) is -0.809. The van der Waals surface area contributed by atoms with Crippen LogP contribution in [-0.2, 0) is 21.4 Å². The number of rotatable bonds is 4. The fraction of sp³-hybridized carbons (Fsp3) is 0.409. The van der Waals surface area contributed by atoms with Crippen LogP contribution in [0.1, 0.15) is 35.4 Å². The molecule has 9 heteroatoms. The first-order valence-corrected chi connectivity index (χ1v) is 12.5. The molecule has 0 saturated carbocycles. The van der Waals surface area contributed by atoms with Crippen LogP contribution in [0.2, 0.25) is 10.0 Å². The first kappa shape index (κ1) is 22.6. The number of amides is 1. The van der Waals surface area contributed by atoms with Crippen molar-refractivity contribution < 1.29 is 13.2 Å². The summed E-state index contributed by atoms with van der Waals surface area (Å²) in [5, 5.41) is 4.34. The van der Waals surface area contributed by atoms with Gasteiger partial charge in [0.05, 0.1) is 4.90 Å². The lowest BCUT2D eigenvalue weighted by atomic mass is 9.85. The van der Waals surface area contributed by atoms with Gasteiger partial charge in [-0.2, -0.15) is 0 Å². The molecule has 166 valence electrons. The third kappa shape index (κ3) is 4.91. The highest BCUT2D eigenvalue weighted by Gasteiger charge is 2.29. The number of benzene rings is 2. The summed E-state index contributed by atoms with van der Waals surface area (Å²) in [5.41, 5.74) is 2.84. The minimum absolute atomic E-state index is 0.0789. The quantitative estimate of drug-likeness (QED) is 0.699. The van der Waals surface area contributed by atoms with E-state index in [0.29, 0.717) is 49.1 Å². The Bertz CT molecular complexity index is 1100. The molecule has 1 atom stereocenters. The van der Waals surface area contributed by atoms with Crippen LogP contribution in [-0.4, -0.2) is 45.9 Å². The molecule has 0 bridgehead atoms. The Labute approximate surface area is 193 Å². The van der Waals surface area contributed by atoms with E-state index >= 15 is 0 Å². The van der Waals surface area contributed by atoms with Gasteiger partial charge in [-0.1, -0.05) is 35.3 Å². The number of carbonyl (C=O) groups excluding carboxylic acids is 1. The lowest BCUT2D eigenvalue weighted by Gasteiger charge is -2.33. The standard InChI is InChI=1S/C22H25Cl2N3O3S/c1-27-12-19(18-10-16(23)11-21(24)20(18)13-27)15-3-2-4-17(9-15)31(29,30)26-22(28)14-5-7-25-8-6-14/h2-4,9-11,14,19,25H,5-8,12-13H2,1H3,(H,26,28). The molecular weight excluding hydrogens is 457 g/mol. The maximum atomic E-state index is 12.9. The van der Waals surface area contributed by atoms with Gasteiger partial charge in [-0.3, -0.25) is 4.79 Å². The van der Waals surface area contributed by atoms with Crippen molar-refractivity contribution in [2.45, 2.75) is 30.2 Å². The van der Waals surface area contributed by atoms with Crippen molar-refractivity contribution in [3.05, 3.63) is 63.1 Å². The summed E-state index contributed by atoms with van der Waals surface area (Å²) < 4.78 is 28.1. The van der Waals surface area contributed by atoms with E-state index in [1.54, 1.807) is 18.2 Å². The minimum atomic E-state index is -3.96. The molecule has 2 heterocycles.